The van der Waals surface area contributed by atoms with Crippen molar-refractivity contribution in [3.8, 4) is 0 Å². The van der Waals surface area contributed by atoms with Crippen molar-refractivity contribution in [1.29, 1.82) is 0 Å². The van der Waals surface area contributed by atoms with Gasteiger partial charge >= 0.3 is 0 Å². The third-order valence-electron chi connectivity index (χ3n) is 4.14. The van der Waals surface area contributed by atoms with Crippen LogP contribution in [0.3, 0.4) is 0 Å². The SMILES string of the molecule is CCC1(C)CC1C(=O)N1CCN[C@@H](C)C1.Cl. The van der Waals surface area contributed by atoms with Gasteiger partial charge in [-0.05, 0) is 25.2 Å². The molecule has 1 saturated carbocycles. The molecule has 3 nitrogen and oxygen atoms in total. The van der Waals surface area contributed by atoms with E-state index >= 15 is 0 Å². The lowest BCUT2D eigenvalue weighted by Crippen LogP contribution is -2.52. The molecule has 16 heavy (non-hydrogen) atoms. The molecular weight excluding hydrogens is 224 g/mol. The Hall–Kier alpha value is -0.280. The molecule has 0 aromatic heterocycles. The molecule has 1 aliphatic carbocycles. The van der Waals surface area contributed by atoms with Gasteiger partial charge in [0.2, 0.25) is 5.91 Å². The number of rotatable bonds is 2. The van der Waals surface area contributed by atoms with Crippen molar-refractivity contribution in [2.75, 3.05) is 19.6 Å². The standard InChI is InChI=1S/C12H22N2O.ClH/c1-4-12(3)7-10(12)11(15)14-6-5-13-9(2)8-14;/h9-10,13H,4-8H2,1-3H3;1H/t9-,10?,12?;/m0./s1. The Balaban J connectivity index is 0.00000128. The Morgan fingerprint density at radius 3 is 2.75 bits per heavy atom. The third-order valence-corrected chi connectivity index (χ3v) is 4.14. The molecule has 0 radical (unpaired) electrons. The maximum atomic E-state index is 12.2. The second-order valence-electron chi connectivity index (χ2n) is 5.40. The molecule has 2 unspecified atom stereocenters. The van der Waals surface area contributed by atoms with Crippen molar-refractivity contribution in [2.24, 2.45) is 11.3 Å². The lowest BCUT2D eigenvalue weighted by atomic mass is 10.0. The number of nitrogens with zero attached hydrogens (tertiary/aromatic N) is 1. The monoisotopic (exact) mass is 246 g/mol. The summed E-state index contributed by atoms with van der Waals surface area (Å²) in [4.78, 5) is 14.2. The summed E-state index contributed by atoms with van der Waals surface area (Å²) < 4.78 is 0. The summed E-state index contributed by atoms with van der Waals surface area (Å²) >= 11 is 0. The van der Waals surface area contributed by atoms with Gasteiger partial charge in [0.05, 0.1) is 0 Å². The van der Waals surface area contributed by atoms with E-state index in [4.69, 9.17) is 0 Å². The van der Waals surface area contributed by atoms with Crippen LogP contribution in [0, 0.1) is 11.3 Å². The molecule has 4 heteroatoms. The predicted octanol–water partition coefficient (Wildman–Crippen LogP) is 1.66. The van der Waals surface area contributed by atoms with Crippen molar-refractivity contribution < 1.29 is 4.79 Å². The van der Waals surface area contributed by atoms with E-state index in [0.717, 1.165) is 32.5 Å². The van der Waals surface area contributed by atoms with Crippen LogP contribution in [-0.4, -0.2) is 36.5 Å². The average Bonchev–Trinajstić information content (AvgIpc) is 2.91. The number of nitrogens with one attached hydrogen (secondary N) is 1. The first kappa shape index (κ1) is 13.8. The maximum Gasteiger partial charge on any atom is 0.226 e. The number of hydrogen-bond acceptors (Lipinski definition) is 2. The van der Waals surface area contributed by atoms with Crippen LogP contribution in [-0.2, 0) is 4.79 Å². The van der Waals surface area contributed by atoms with Crippen molar-refractivity contribution in [1.82, 2.24) is 10.2 Å². The molecule has 1 saturated heterocycles. The fourth-order valence-corrected chi connectivity index (χ4v) is 2.54. The van der Waals surface area contributed by atoms with E-state index in [1.165, 1.54) is 0 Å². The number of carbonyl (C=O) groups is 1. The predicted molar refractivity (Wildman–Crippen MR) is 67.8 cm³/mol. The summed E-state index contributed by atoms with van der Waals surface area (Å²) in [5.74, 6) is 0.709. The minimum Gasteiger partial charge on any atom is -0.340 e. The molecule has 0 bridgehead atoms. The Labute approximate surface area is 104 Å². The van der Waals surface area contributed by atoms with Gasteiger partial charge in [0.1, 0.15) is 0 Å². The Morgan fingerprint density at radius 1 is 1.56 bits per heavy atom. The van der Waals surface area contributed by atoms with Crippen LogP contribution in [0.15, 0.2) is 0 Å². The largest absolute Gasteiger partial charge is 0.340 e. The first-order valence-corrected chi connectivity index (χ1v) is 6.09. The zero-order valence-corrected chi connectivity index (χ0v) is 11.3. The van der Waals surface area contributed by atoms with Crippen molar-refractivity contribution >= 4 is 18.3 Å². The molecule has 0 spiro atoms. The van der Waals surface area contributed by atoms with Crippen molar-refractivity contribution in [3.05, 3.63) is 0 Å². The summed E-state index contributed by atoms with van der Waals surface area (Å²) in [7, 11) is 0. The molecule has 1 N–H and O–H groups in total. The van der Waals surface area contributed by atoms with E-state index in [0.29, 0.717) is 23.3 Å². The molecule has 1 heterocycles. The van der Waals surface area contributed by atoms with Crippen LogP contribution in [0.25, 0.3) is 0 Å². The number of piperazine rings is 1. The molecule has 2 rings (SSSR count). The molecule has 3 atom stereocenters. The van der Waals surface area contributed by atoms with Crippen LogP contribution < -0.4 is 5.32 Å². The van der Waals surface area contributed by atoms with Crippen molar-refractivity contribution in [2.45, 2.75) is 39.7 Å². The summed E-state index contributed by atoms with van der Waals surface area (Å²) in [5.41, 5.74) is 0.311. The second kappa shape index (κ2) is 4.92. The smallest absolute Gasteiger partial charge is 0.226 e. The number of carbonyl (C=O) groups excluding carboxylic acids is 1. The van der Waals surface area contributed by atoms with Gasteiger partial charge in [-0.2, -0.15) is 0 Å². The number of hydrogen-bond donors (Lipinski definition) is 1. The van der Waals surface area contributed by atoms with Gasteiger partial charge in [0.25, 0.3) is 0 Å². The molecule has 94 valence electrons. The average molecular weight is 247 g/mol. The fourth-order valence-electron chi connectivity index (χ4n) is 2.54. The van der Waals surface area contributed by atoms with E-state index in [-0.39, 0.29) is 12.4 Å². The minimum absolute atomic E-state index is 0. The topological polar surface area (TPSA) is 32.3 Å². The minimum atomic E-state index is 0. The van der Waals surface area contributed by atoms with Gasteiger partial charge < -0.3 is 10.2 Å². The number of halogens is 1. The summed E-state index contributed by atoms with van der Waals surface area (Å²) in [6, 6.07) is 0.453. The fraction of sp³-hybridized carbons (Fsp3) is 0.917. The molecular formula is C12H23ClN2O. The van der Waals surface area contributed by atoms with Crippen LogP contribution >= 0.6 is 12.4 Å². The Kier molecular flexibility index (Phi) is 4.24. The molecule has 1 amide bonds. The van der Waals surface area contributed by atoms with E-state index < -0.39 is 0 Å². The van der Waals surface area contributed by atoms with Crippen LogP contribution in [0.1, 0.15) is 33.6 Å². The van der Waals surface area contributed by atoms with Gasteiger partial charge in [-0.25, -0.2) is 0 Å². The van der Waals surface area contributed by atoms with E-state index in [1.54, 1.807) is 0 Å². The third kappa shape index (κ3) is 2.51. The highest BCUT2D eigenvalue weighted by Gasteiger charge is 2.54. The highest BCUT2D eigenvalue weighted by atomic mass is 35.5. The summed E-state index contributed by atoms with van der Waals surface area (Å²) in [5, 5.41) is 3.37. The van der Waals surface area contributed by atoms with Crippen molar-refractivity contribution in [3.63, 3.8) is 0 Å². The van der Waals surface area contributed by atoms with Gasteiger partial charge in [-0.1, -0.05) is 13.8 Å². The molecule has 1 aliphatic heterocycles. The van der Waals surface area contributed by atoms with Crippen LogP contribution in [0.2, 0.25) is 0 Å². The second-order valence-corrected chi connectivity index (χ2v) is 5.40. The highest BCUT2D eigenvalue weighted by Crippen LogP contribution is 2.55. The lowest BCUT2D eigenvalue weighted by molar-refractivity contribution is -0.134. The Bertz CT molecular complexity index is 272. The van der Waals surface area contributed by atoms with Gasteiger partial charge in [0.15, 0.2) is 0 Å². The van der Waals surface area contributed by atoms with Gasteiger partial charge in [-0.15, -0.1) is 12.4 Å². The summed E-state index contributed by atoms with van der Waals surface area (Å²) in [6.45, 7) is 9.29. The first-order valence-electron chi connectivity index (χ1n) is 6.09. The molecule has 0 aromatic carbocycles. The van der Waals surface area contributed by atoms with Crippen LogP contribution in [0.4, 0.5) is 0 Å². The van der Waals surface area contributed by atoms with Crippen LogP contribution in [0.5, 0.6) is 0 Å². The summed E-state index contributed by atoms with van der Waals surface area (Å²) in [6.07, 6.45) is 2.23. The quantitative estimate of drug-likeness (QED) is 0.804. The highest BCUT2D eigenvalue weighted by molar-refractivity contribution is 5.85. The maximum absolute atomic E-state index is 12.2. The number of amides is 1. The lowest BCUT2D eigenvalue weighted by Gasteiger charge is -2.32. The van der Waals surface area contributed by atoms with E-state index in [1.807, 2.05) is 4.90 Å². The van der Waals surface area contributed by atoms with E-state index in [2.05, 4.69) is 26.1 Å². The van der Waals surface area contributed by atoms with Gasteiger partial charge in [-0.3, -0.25) is 4.79 Å². The molecule has 2 aliphatic rings. The molecule has 2 fully saturated rings. The zero-order valence-electron chi connectivity index (χ0n) is 10.5. The zero-order chi connectivity index (χ0) is 11.1. The van der Waals surface area contributed by atoms with Gasteiger partial charge in [0, 0.05) is 31.6 Å². The normalized spacial score (nSPS) is 37.8. The molecule has 0 aromatic rings. The van der Waals surface area contributed by atoms with E-state index in [9.17, 15) is 4.79 Å². The first-order chi connectivity index (χ1) is 7.07. The Morgan fingerprint density at radius 2 is 2.25 bits per heavy atom.